The van der Waals surface area contributed by atoms with E-state index < -0.39 is 5.41 Å². The van der Waals surface area contributed by atoms with Crippen molar-refractivity contribution in [1.29, 1.82) is 0 Å². The normalized spacial score (nSPS) is 24.7. The molecule has 1 aromatic rings. The van der Waals surface area contributed by atoms with Crippen molar-refractivity contribution in [1.82, 2.24) is 5.43 Å². The van der Waals surface area contributed by atoms with Gasteiger partial charge in [0, 0.05) is 0 Å². The van der Waals surface area contributed by atoms with E-state index >= 15 is 0 Å². The van der Waals surface area contributed by atoms with Gasteiger partial charge >= 0.3 is 0 Å². The van der Waals surface area contributed by atoms with Gasteiger partial charge in [0.1, 0.15) is 0 Å². The molecule has 1 aromatic carbocycles. The van der Waals surface area contributed by atoms with Crippen LogP contribution in [-0.2, 0) is 4.79 Å². The maximum Gasteiger partial charge on any atom is 0.248 e. The van der Waals surface area contributed by atoms with Crippen LogP contribution in [0, 0.1) is 5.41 Å². The fourth-order valence-electron chi connectivity index (χ4n) is 1.66. The SMILES string of the molecule is CC1(CO)CN(c2ccccc2Cl)NC1=O. The predicted molar refractivity (Wildman–Crippen MR) is 62.1 cm³/mol. The number of nitrogens with one attached hydrogen (secondary N) is 1. The Hall–Kier alpha value is -1.26. The molecule has 1 aliphatic rings. The van der Waals surface area contributed by atoms with Gasteiger partial charge in [-0.05, 0) is 19.1 Å². The van der Waals surface area contributed by atoms with Crippen molar-refractivity contribution in [2.24, 2.45) is 5.41 Å². The largest absolute Gasteiger partial charge is 0.395 e. The molecule has 0 radical (unpaired) electrons. The highest BCUT2D eigenvalue weighted by atomic mass is 35.5. The molecule has 2 N–H and O–H groups in total. The molecule has 1 unspecified atom stereocenters. The first-order chi connectivity index (χ1) is 7.57. The molecular formula is C11H13ClN2O2. The lowest BCUT2D eigenvalue weighted by Crippen LogP contribution is -2.34. The van der Waals surface area contributed by atoms with E-state index in [-0.39, 0.29) is 12.5 Å². The summed E-state index contributed by atoms with van der Waals surface area (Å²) in [6.07, 6.45) is 0. The molecule has 4 nitrogen and oxygen atoms in total. The minimum Gasteiger partial charge on any atom is -0.395 e. The Balaban J connectivity index is 2.27. The second-order valence-electron chi connectivity index (χ2n) is 4.20. The van der Waals surface area contributed by atoms with Crippen molar-refractivity contribution < 1.29 is 9.90 Å². The van der Waals surface area contributed by atoms with E-state index in [9.17, 15) is 9.90 Å². The lowest BCUT2D eigenvalue weighted by molar-refractivity contribution is -0.128. The minimum atomic E-state index is -0.765. The zero-order valence-electron chi connectivity index (χ0n) is 8.90. The smallest absolute Gasteiger partial charge is 0.248 e. The monoisotopic (exact) mass is 240 g/mol. The average Bonchev–Trinajstić information content (AvgIpc) is 2.57. The van der Waals surface area contributed by atoms with E-state index in [2.05, 4.69) is 5.43 Å². The topological polar surface area (TPSA) is 52.6 Å². The maximum atomic E-state index is 11.7. The number of hydrazine groups is 1. The summed E-state index contributed by atoms with van der Waals surface area (Å²) in [5.74, 6) is -0.185. The molecule has 86 valence electrons. The summed E-state index contributed by atoms with van der Waals surface area (Å²) in [5, 5.41) is 11.5. The van der Waals surface area contributed by atoms with Gasteiger partial charge in [0.2, 0.25) is 5.91 Å². The van der Waals surface area contributed by atoms with E-state index in [0.717, 1.165) is 5.69 Å². The quantitative estimate of drug-likeness (QED) is 0.817. The Bertz CT molecular complexity index is 424. The standard InChI is InChI=1S/C11H13ClN2O2/c1-11(7-15)6-14(13-10(11)16)9-5-3-2-4-8(9)12/h2-5,15H,6-7H2,1H3,(H,13,16). The summed E-state index contributed by atoms with van der Waals surface area (Å²) in [7, 11) is 0. The predicted octanol–water partition coefficient (Wildman–Crippen LogP) is 1.19. The van der Waals surface area contributed by atoms with Crippen LogP contribution in [0.5, 0.6) is 0 Å². The van der Waals surface area contributed by atoms with Crippen LogP contribution < -0.4 is 10.4 Å². The number of aliphatic hydroxyl groups is 1. The van der Waals surface area contributed by atoms with Gasteiger partial charge in [0.15, 0.2) is 0 Å². The van der Waals surface area contributed by atoms with Crippen LogP contribution in [0.3, 0.4) is 0 Å². The van der Waals surface area contributed by atoms with Crippen molar-refractivity contribution in [3.8, 4) is 0 Å². The third-order valence-corrected chi connectivity index (χ3v) is 3.10. The number of carbonyl (C=O) groups is 1. The molecule has 0 saturated carbocycles. The maximum absolute atomic E-state index is 11.7. The molecular weight excluding hydrogens is 228 g/mol. The van der Waals surface area contributed by atoms with E-state index in [4.69, 9.17) is 11.6 Å². The van der Waals surface area contributed by atoms with Gasteiger partial charge < -0.3 is 5.11 Å². The second kappa shape index (κ2) is 3.96. The summed E-state index contributed by atoms with van der Waals surface area (Å²) in [4.78, 5) is 11.7. The molecule has 2 rings (SSSR count). The highest BCUT2D eigenvalue weighted by Gasteiger charge is 2.42. The number of para-hydroxylation sites is 1. The van der Waals surface area contributed by atoms with Gasteiger partial charge in [-0.15, -0.1) is 0 Å². The van der Waals surface area contributed by atoms with Crippen LogP contribution in [0.2, 0.25) is 5.02 Å². The Morgan fingerprint density at radius 2 is 2.25 bits per heavy atom. The van der Waals surface area contributed by atoms with Gasteiger partial charge in [0.25, 0.3) is 0 Å². The van der Waals surface area contributed by atoms with Gasteiger partial charge in [-0.25, -0.2) is 0 Å². The van der Waals surface area contributed by atoms with Gasteiger partial charge in [0.05, 0.1) is 29.3 Å². The van der Waals surface area contributed by atoms with Crippen LogP contribution in [0.25, 0.3) is 0 Å². The number of hydrogen-bond donors (Lipinski definition) is 2. The Labute approximate surface area is 98.8 Å². The Morgan fingerprint density at radius 1 is 1.56 bits per heavy atom. The van der Waals surface area contributed by atoms with E-state index in [0.29, 0.717) is 11.6 Å². The molecule has 1 fully saturated rings. The van der Waals surface area contributed by atoms with Crippen LogP contribution >= 0.6 is 11.6 Å². The summed E-state index contributed by atoms with van der Waals surface area (Å²) in [5.41, 5.74) is 2.68. The number of amides is 1. The molecule has 1 atom stereocenters. The number of hydrogen-bond acceptors (Lipinski definition) is 3. The van der Waals surface area contributed by atoms with E-state index in [1.807, 2.05) is 18.2 Å². The van der Waals surface area contributed by atoms with E-state index in [1.54, 1.807) is 18.0 Å². The van der Waals surface area contributed by atoms with Crippen molar-refractivity contribution in [2.75, 3.05) is 18.2 Å². The fraction of sp³-hybridized carbons (Fsp3) is 0.364. The molecule has 0 aromatic heterocycles. The van der Waals surface area contributed by atoms with Crippen molar-refractivity contribution in [3.63, 3.8) is 0 Å². The van der Waals surface area contributed by atoms with Gasteiger partial charge in [-0.1, -0.05) is 23.7 Å². The molecule has 5 heteroatoms. The lowest BCUT2D eigenvalue weighted by atomic mass is 9.92. The third kappa shape index (κ3) is 1.74. The van der Waals surface area contributed by atoms with Crippen LogP contribution in [-0.4, -0.2) is 24.2 Å². The summed E-state index contributed by atoms with van der Waals surface area (Å²) in [6.45, 7) is 1.95. The minimum absolute atomic E-state index is 0.181. The highest BCUT2D eigenvalue weighted by Crippen LogP contribution is 2.31. The molecule has 0 spiro atoms. The Kier molecular flexibility index (Phi) is 2.78. The van der Waals surface area contributed by atoms with Gasteiger partial charge in [-0.3, -0.25) is 15.2 Å². The molecule has 1 amide bonds. The summed E-state index contributed by atoms with van der Waals surface area (Å²) in [6, 6.07) is 7.26. The number of carbonyl (C=O) groups excluding carboxylic acids is 1. The number of rotatable bonds is 2. The molecule has 0 bridgehead atoms. The highest BCUT2D eigenvalue weighted by molar-refractivity contribution is 6.33. The molecule has 1 aliphatic heterocycles. The van der Waals surface area contributed by atoms with Crippen molar-refractivity contribution in [2.45, 2.75) is 6.92 Å². The van der Waals surface area contributed by atoms with Gasteiger partial charge in [-0.2, -0.15) is 0 Å². The van der Waals surface area contributed by atoms with Crippen molar-refractivity contribution >= 4 is 23.2 Å². The van der Waals surface area contributed by atoms with Crippen molar-refractivity contribution in [3.05, 3.63) is 29.3 Å². The lowest BCUT2D eigenvalue weighted by Gasteiger charge is -2.20. The zero-order valence-corrected chi connectivity index (χ0v) is 9.66. The Morgan fingerprint density at radius 3 is 2.81 bits per heavy atom. The zero-order chi connectivity index (χ0) is 11.8. The van der Waals surface area contributed by atoms with E-state index in [1.165, 1.54) is 0 Å². The molecule has 16 heavy (non-hydrogen) atoms. The molecule has 1 heterocycles. The number of aliphatic hydroxyl groups excluding tert-OH is 1. The number of nitrogens with zero attached hydrogens (tertiary/aromatic N) is 1. The number of benzene rings is 1. The van der Waals surface area contributed by atoms with Crippen LogP contribution in [0.1, 0.15) is 6.92 Å². The molecule has 0 aliphatic carbocycles. The average molecular weight is 241 g/mol. The summed E-state index contributed by atoms with van der Waals surface area (Å²) >= 11 is 6.03. The molecule has 1 saturated heterocycles. The third-order valence-electron chi connectivity index (χ3n) is 2.78. The second-order valence-corrected chi connectivity index (χ2v) is 4.60. The van der Waals surface area contributed by atoms with Crippen LogP contribution in [0.4, 0.5) is 5.69 Å². The first kappa shape index (κ1) is 11.2. The first-order valence-corrected chi connectivity index (χ1v) is 5.39. The fourth-order valence-corrected chi connectivity index (χ4v) is 1.89. The van der Waals surface area contributed by atoms with Crippen LogP contribution in [0.15, 0.2) is 24.3 Å². The number of anilines is 1. The number of halogens is 1. The first-order valence-electron chi connectivity index (χ1n) is 5.01. The summed E-state index contributed by atoms with van der Waals surface area (Å²) < 4.78 is 0.